The summed E-state index contributed by atoms with van der Waals surface area (Å²) < 4.78 is 0. The van der Waals surface area contributed by atoms with Crippen molar-refractivity contribution in [2.45, 2.75) is 13.8 Å². The van der Waals surface area contributed by atoms with E-state index < -0.39 is 4.92 Å². The zero-order chi connectivity index (χ0) is 11.4. The average molecular weight is 225 g/mol. The Morgan fingerprint density at radius 1 is 1.53 bits per heavy atom. The fraction of sp³-hybridized carbons (Fsp3) is 0.300. The molecular formula is C10H11NO3S. The zero-order valence-corrected chi connectivity index (χ0v) is 9.28. The molecule has 0 N–H and O–H groups in total. The van der Waals surface area contributed by atoms with Crippen molar-refractivity contribution >= 4 is 28.2 Å². The highest BCUT2D eigenvalue weighted by Crippen LogP contribution is 2.24. The normalized spacial score (nSPS) is 11.1. The molecule has 0 amide bonds. The van der Waals surface area contributed by atoms with E-state index >= 15 is 0 Å². The lowest BCUT2D eigenvalue weighted by Crippen LogP contribution is -2.01. The maximum absolute atomic E-state index is 11.2. The Morgan fingerprint density at radius 3 is 2.67 bits per heavy atom. The second-order valence-corrected chi connectivity index (χ2v) is 4.42. The molecule has 0 aromatic carbocycles. The molecule has 5 heteroatoms. The Morgan fingerprint density at radius 2 is 2.20 bits per heavy atom. The Labute approximate surface area is 91.4 Å². The van der Waals surface area contributed by atoms with E-state index in [1.807, 2.05) is 13.8 Å². The number of thiophene rings is 1. The first-order valence-corrected chi connectivity index (χ1v) is 5.28. The van der Waals surface area contributed by atoms with Crippen LogP contribution in [0.15, 0.2) is 18.2 Å². The molecule has 0 atom stereocenters. The predicted octanol–water partition coefficient (Wildman–Crippen LogP) is 2.89. The van der Waals surface area contributed by atoms with Crippen molar-refractivity contribution in [3.63, 3.8) is 0 Å². The first-order valence-electron chi connectivity index (χ1n) is 4.47. The predicted molar refractivity (Wildman–Crippen MR) is 59.9 cm³/mol. The van der Waals surface area contributed by atoms with Crippen LogP contribution in [-0.4, -0.2) is 10.7 Å². The van der Waals surface area contributed by atoms with Gasteiger partial charge in [-0.05, 0) is 18.2 Å². The smallest absolute Gasteiger partial charge is 0.295 e. The van der Waals surface area contributed by atoms with E-state index in [1.165, 1.54) is 12.1 Å². The minimum absolute atomic E-state index is 0.0195. The molecule has 0 aliphatic carbocycles. The van der Waals surface area contributed by atoms with Gasteiger partial charge in [-0.2, -0.15) is 0 Å². The molecule has 1 heterocycles. The van der Waals surface area contributed by atoms with Gasteiger partial charge < -0.3 is 0 Å². The van der Waals surface area contributed by atoms with Crippen LogP contribution in [0.1, 0.15) is 18.7 Å². The molecular weight excluding hydrogens is 214 g/mol. The topological polar surface area (TPSA) is 60.2 Å². The Kier molecular flexibility index (Phi) is 3.74. The highest BCUT2D eigenvalue weighted by molar-refractivity contribution is 7.16. The van der Waals surface area contributed by atoms with Crippen molar-refractivity contribution in [3.05, 3.63) is 33.2 Å². The van der Waals surface area contributed by atoms with E-state index in [1.54, 1.807) is 12.1 Å². The second kappa shape index (κ2) is 4.84. The molecule has 1 aromatic heterocycles. The van der Waals surface area contributed by atoms with Gasteiger partial charge >= 0.3 is 5.00 Å². The van der Waals surface area contributed by atoms with Crippen LogP contribution in [-0.2, 0) is 4.79 Å². The van der Waals surface area contributed by atoms with Crippen LogP contribution in [0.3, 0.4) is 0 Å². The van der Waals surface area contributed by atoms with Gasteiger partial charge in [0.25, 0.3) is 0 Å². The van der Waals surface area contributed by atoms with Crippen molar-refractivity contribution in [1.29, 1.82) is 0 Å². The van der Waals surface area contributed by atoms with Crippen LogP contribution >= 0.6 is 11.3 Å². The second-order valence-electron chi connectivity index (χ2n) is 3.32. The van der Waals surface area contributed by atoms with Gasteiger partial charge in [0.15, 0.2) is 5.78 Å². The van der Waals surface area contributed by atoms with Crippen molar-refractivity contribution in [2.75, 3.05) is 0 Å². The molecule has 0 bridgehead atoms. The number of carbonyl (C=O) groups is 1. The summed E-state index contributed by atoms with van der Waals surface area (Å²) in [6.07, 6.45) is 3.07. The van der Waals surface area contributed by atoms with Gasteiger partial charge in [0.1, 0.15) is 0 Å². The van der Waals surface area contributed by atoms with Gasteiger partial charge in [-0.25, -0.2) is 0 Å². The van der Waals surface area contributed by atoms with Gasteiger partial charge in [0, 0.05) is 16.9 Å². The van der Waals surface area contributed by atoms with E-state index in [0.29, 0.717) is 0 Å². The summed E-state index contributed by atoms with van der Waals surface area (Å²) in [6, 6.07) is 3.07. The monoisotopic (exact) mass is 225 g/mol. The van der Waals surface area contributed by atoms with Crippen LogP contribution < -0.4 is 0 Å². The number of carbonyl (C=O) groups excluding carboxylic acids is 1. The van der Waals surface area contributed by atoms with E-state index in [-0.39, 0.29) is 16.7 Å². The van der Waals surface area contributed by atoms with E-state index in [0.717, 1.165) is 16.2 Å². The Hall–Kier alpha value is -1.49. The summed E-state index contributed by atoms with van der Waals surface area (Å²) in [5.41, 5.74) is 0. The van der Waals surface area contributed by atoms with Gasteiger partial charge in [0.05, 0.1) is 4.92 Å². The van der Waals surface area contributed by atoms with Gasteiger partial charge in [-0.3, -0.25) is 14.9 Å². The number of nitrogens with zero attached hydrogens (tertiary/aromatic N) is 1. The summed E-state index contributed by atoms with van der Waals surface area (Å²) >= 11 is 1.06. The van der Waals surface area contributed by atoms with Crippen molar-refractivity contribution in [2.24, 2.45) is 5.92 Å². The summed E-state index contributed by atoms with van der Waals surface area (Å²) in [7, 11) is 0. The largest absolute Gasteiger partial charge is 0.324 e. The maximum Gasteiger partial charge on any atom is 0.324 e. The first kappa shape index (κ1) is 11.6. The molecule has 1 rings (SSSR count). The molecule has 0 aliphatic heterocycles. The first-order chi connectivity index (χ1) is 7.00. The summed E-state index contributed by atoms with van der Waals surface area (Å²) in [4.78, 5) is 21.9. The molecule has 0 saturated heterocycles. The standard InChI is InChI=1S/C10H11NO3S/c1-7(2)9(12)5-3-8-4-6-10(15-8)11(13)14/h3-7H,1-2H3/b5-3+. The molecule has 15 heavy (non-hydrogen) atoms. The van der Waals surface area contributed by atoms with Crippen LogP contribution in [0.4, 0.5) is 5.00 Å². The zero-order valence-electron chi connectivity index (χ0n) is 8.47. The minimum atomic E-state index is -0.438. The number of rotatable bonds is 4. The Bertz CT molecular complexity index is 407. The molecule has 0 spiro atoms. The number of allylic oxidation sites excluding steroid dienone is 1. The SMILES string of the molecule is CC(C)C(=O)/C=C/c1ccc([N+](=O)[O-])s1. The van der Waals surface area contributed by atoms with Crippen molar-refractivity contribution < 1.29 is 9.72 Å². The molecule has 0 radical (unpaired) electrons. The third-order valence-electron chi connectivity index (χ3n) is 1.77. The van der Waals surface area contributed by atoms with Crippen LogP contribution in [0, 0.1) is 16.0 Å². The molecule has 0 unspecified atom stereocenters. The molecule has 0 aliphatic rings. The third-order valence-corrected chi connectivity index (χ3v) is 2.78. The van der Waals surface area contributed by atoms with Gasteiger partial charge in [-0.15, -0.1) is 0 Å². The lowest BCUT2D eigenvalue weighted by molar-refractivity contribution is -0.380. The van der Waals surface area contributed by atoms with E-state index in [9.17, 15) is 14.9 Å². The summed E-state index contributed by atoms with van der Waals surface area (Å²) in [5.74, 6) is -0.0257. The quantitative estimate of drug-likeness (QED) is 0.449. The summed E-state index contributed by atoms with van der Waals surface area (Å²) in [6.45, 7) is 3.62. The van der Waals surface area contributed by atoms with E-state index in [4.69, 9.17) is 0 Å². The van der Waals surface area contributed by atoms with Crippen LogP contribution in [0.5, 0.6) is 0 Å². The Balaban J connectivity index is 2.73. The fourth-order valence-corrected chi connectivity index (χ4v) is 1.61. The van der Waals surface area contributed by atoms with Crippen LogP contribution in [0.2, 0.25) is 0 Å². The number of hydrogen-bond donors (Lipinski definition) is 0. The lowest BCUT2D eigenvalue weighted by atomic mass is 10.1. The third kappa shape index (κ3) is 3.28. The number of nitro groups is 1. The number of hydrogen-bond acceptors (Lipinski definition) is 4. The van der Waals surface area contributed by atoms with Crippen molar-refractivity contribution in [1.82, 2.24) is 0 Å². The highest BCUT2D eigenvalue weighted by atomic mass is 32.1. The molecule has 0 saturated carbocycles. The van der Waals surface area contributed by atoms with Crippen LogP contribution in [0.25, 0.3) is 6.08 Å². The highest BCUT2D eigenvalue weighted by Gasteiger charge is 2.08. The number of ketones is 1. The van der Waals surface area contributed by atoms with Crippen molar-refractivity contribution in [3.8, 4) is 0 Å². The molecule has 4 nitrogen and oxygen atoms in total. The van der Waals surface area contributed by atoms with Gasteiger partial charge in [-0.1, -0.05) is 25.2 Å². The lowest BCUT2D eigenvalue weighted by Gasteiger charge is -1.94. The minimum Gasteiger partial charge on any atom is -0.295 e. The fourth-order valence-electron chi connectivity index (χ4n) is 0.887. The summed E-state index contributed by atoms with van der Waals surface area (Å²) in [5, 5.41) is 10.5. The molecule has 80 valence electrons. The average Bonchev–Trinajstić information content (AvgIpc) is 2.62. The van der Waals surface area contributed by atoms with E-state index in [2.05, 4.69) is 0 Å². The molecule has 0 fully saturated rings. The van der Waals surface area contributed by atoms with Gasteiger partial charge in [0.2, 0.25) is 0 Å². The maximum atomic E-state index is 11.2. The molecule has 1 aromatic rings.